The minimum absolute atomic E-state index is 0.0984. The molecule has 0 aliphatic carbocycles. The minimum atomic E-state index is -0.897. The molecule has 1 fully saturated rings. The Morgan fingerprint density at radius 3 is 2.18 bits per heavy atom. The summed E-state index contributed by atoms with van der Waals surface area (Å²) < 4.78 is 10.7. The quantitative estimate of drug-likeness (QED) is 0.826. The predicted octanol–water partition coefficient (Wildman–Crippen LogP) is 3.50. The largest absolute Gasteiger partial charge is 0.496 e. The monoisotopic (exact) mass is 383 g/mol. The number of benzene rings is 2. The van der Waals surface area contributed by atoms with Crippen LogP contribution in [0.15, 0.2) is 42.5 Å². The Hall–Kier alpha value is -3.02. The zero-order valence-electron chi connectivity index (χ0n) is 16.2. The normalized spacial score (nSPS) is 14.6. The van der Waals surface area contributed by atoms with Crippen LogP contribution >= 0.6 is 0 Å². The Balaban J connectivity index is 1.68. The second kappa shape index (κ2) is 8.78. The second-order valence-corrected chi connectivity index (χ2v) is 6.94. The van der Waals surface area contributed by atoms with Crippen LogP contribution in [0.1, 0.15) is 39.1 Å². The third-order valence-corrected chi connectivity index (χ3v) is 5.30. The maximum absolute atomic E-state index is 13.1. The van der Waals surface area contributed by atoms with Gasteiger partial charge in [0.1, 0.15) is 17.1 Å². The summed E-state index contributed by atoms with van der Waals surface area (Å²) >= 11 is 0. The Kier molecular flexibility index (Phi) is 6.19. The molecule has 2 aromatic rings. The van der Waals surface area contributed by atoms with Gasteiger partial charge in [0.25, 0.3) is 5.91 Å². The van der Waals surface area contributed by atoms with E-state index in [0.717, 1.165) is 18.4 Å². The molecule has 28 heavy (non-hydrogen) atoms. The van der Waals surface area contributed by atoms with Gasteiger partial charge in [-0.05, 0) is 48.9 Å². The van der Waals surface area contributed by atoms with E-state index in [4.69, 9.17) is 9.47 Å². The summed E-state index contributed by atoms with van der Waals surface area (Å²) in [5.41, 5.74) is 1.66. The van der Waals surface area contributed by atoms with Crippen molar-refractivity contribution in [2.75, 3.05) is 27.3 Å². The zero-order valence-corrected chi connectivity index (χ0v) is 16.2. The summed E-state index contributed by atoms with van der Waals surface area (Å²) in [5, 5.41) is 9.36. The smallest absolute Gasteiger partial charge is 0.335 e. The number of rotatable bonds is 6. The van der Waals surface area contributed by atoms with E-state index in [-0.39, 0.29) is 5.91 Å². The Labute approximate surface area is 164 Å². The zero-order chi connectivity index (χ0) is 20.1. The van der Waals surface area contributed by atoms with Crippen molar-refractivity contribution in [3.05, 3.63) is 59.2 Å². The lowest BCUT2D eigenvalue weighted by Gasteiger charge is -2.33. The molecule has 0 spiro atoms. The molecule has 1 saturated heterocycles. The van der Waals surface area contributed by atoms with Gasteiger partial charge in [-0.25, -0.2) is 4.79 Å². The van der Waals surface area contributed by atoms with Crippen molar-refractivity contribution in [3.8, 4) is 11.5 Å². The summed E-state index contributed by atoms with van der Waals surface area (Å²) in [4.78, 5) is 26.3. The highest BCUT2D eigenvalue weighted by Gasteiger charge is 2.28. The Morgan fingerprint density at radius 1 is 1.00 bits per heavy atom. The van der Waals surface area contributed by atoms with E-state index in [1.807, 2.05) is 17.0 Å². The van der Waals surface area contributed by atoms with E-state index in [0.29, 0.717) is 48.1 Å². The topological polar surface area (TPSA) is 76.1 Å². The SMILES string of the molecule is COc1cccc(OC)c1C(=O)N1CCC(Cc2ccccc2C(=O)O)CC1. The van der Waals surface area contributed by atoms with Gasteiger partial charge in [-0.15, -0.1) is 0 Å². The lowest BCUT2D eigenvalue weighted by Crippen LogP contribution is -2.39. The first-order chi connectivity index (χ1) is 13.5. The number of hydrogen-bond acceptors (Lipinski definition) is 4. The fourth-order valence-corrected chi connectivity index (χ4v) is 3.78. The van der Waals surface area contributed by atoms with Crippen LogP contribution in [0.4, 0.5) is 0 Å². The molecule has 1 amide bonds. The number of carboxylic acids is 1. The number of carboxylic acid groups (broad SMARTS) is 1. The fraction of sp³-hybridized carbons (Fsp3) is 0.364. The highest BCUT2D eigenvalue weighted by atomic mass is 16.5. The minimum Gasteiger partial charge on any atom is -0.496 e. The van der Waals surface area contributed by atoms with Crippen molar-refractivity contribution < 1.29 is 24.2 Å². The first-order valence-corrected chi connectivity index (χ1v) is 9.36. The molecule has 0 aromatic heterocycles. The number of likely N-dealkylation sites (tertiary alicyclic amines) is 1. The number of amides is 1. The molecule has 6 heteroatoms. The van der Waals surface area contributed by atoms with Gasteiger partial charge in [-0.1, -0.05) is 24.3 Å². The van der Waals surface area contributed by atoms with Crippen molar-refractivity contribution in [2.24, 2.45) is 5.92 Å². The van der Waals surface area contributed by atoms with E-state index in [1.165, 1.54) is 14.2 Å². The van der Waals surface area contributed by atoms with Crippen LogP contribution in [0.2, 0.25) is 0 Å². The highest BCUT2D eigenvalue weighted by Crippen LogP contribution is 2.31. The van der Waals surface area contributed by atoms with Crippen molar-refractivity contribution in [3.63, 3.8) is 0 Å². The van der Waals surface area contributed by atoms with Crippen LogP contribution in [-0.4, -0.2) is 49.2 Å². The van der Waals surface area contributed by atoms with Crippen molar-refractivity contribution >= 4 is 11.9 Å². The molecule has 0 atom stereocenters. The van der Waals surface area contributed by atoms with Crippen molar-refractivity contribution in [1.29, 1.82) is 0 Å². The lowest BCUT2D eigenvalue weighted by molar-refractivity contribution is 0.0683. The molecule has 0 saturated carbocycles. The van der Waals surface area contributed by atoms with Gasteiger partial charge in [0.15, 0.2) is 0 Å². The summed E-state index contributed by atoms with van der Waals surface area (Å²) in [6.45, 7) is 1.25. The average molecular weight is 383 g/mol. The number of aromatic carboxylic acids is 1. The molecular formula is C22H25NO5. The van der Waals surface area contributed by atoms with Crippen LogP contribution < -0.4 is 9.47 Å². The maximum Gasteiger partial charge on any atom is 0.335 e. The molecule has 3 rings (SSSR count). The number of hydrogen-bond donors (Lipinski definition) is 1. The molecule has 0 radical (unpaired) electrons. The predicted molar refractivity (Wildman–Crippen MR) is 105 cm³/mol. The van der Waals surface area contributed by atoms with Crippen LogP contribution in [0.3, 0.4) is 0 Å². The molecule has 0 bridgehead atoms. The summed E-state index contributed by atoms with van der Waals surface area (Å²) in [7, 11) is 3.08. The lowest BCUT2D eigenvalue weighted by atomic mass is 9.88. The Morgan fingerprint density at radius 2 is 1.61 bits per heavy atom. The van der Waals surface area contributed by atoms with E-state index >= 15 is 0 Å². The molecule has 1 aliphatic rings. The molecule has 1 aliphatic heterocycles. The van der Waals surface area contributed by atoms with Gasteiger partial charge in [0, 0.05) is 13.1 Å². The summed E-state index contributed by atoms with van der Waals surface area (Å²) in [5.74, 6) is 0.359. The number of nitrogens with zero attached hydrogens (tertiary/aromatic N) is 1. The van der Waals surface area contributed by atoms with E-state index in [2.05, 4.69) is 0 Å². The first-order valence-electron chi connectivity index (χ1n) is 9.36. The molecule has 6 nitrogen and oxygen atoms in total. The van der Waals surface area contributed by atoms with E-state index in [1.54, 1.807) is 30.3 Å². The van der Waals surface area contributed by atoms with Gasteiger partial charge in [0.05, 0.1) is 19.8 Å². The average Bonchev–Trinajstić information content (AvgIpc) is 2.73. The maximum atomic E-state index is 13.1. The number of carbonyl (C=O) groups is 2. The standard InChI is InChI=1S/C22H25NO5/c1-27-18-8-5-9-19(28-2)20(18)21(24)23-12-10-15(11-13-23)14-16-6-3-4-7-17(16)22(25)26/h3-9,15H,10-14H2,1-2H3,(H,25,26). The van der Waals surface area contributed by atoms with Gasteiger partial charge in [0.2, 0.25) is 0 Å². The van der Waals surface area contributed by atoms with Crippen LogP contribution in [0.5, 0.6) is 11.5 Å². The second-order valence-electron chi connectivity index (χ2n) is 6.94. The van der Waals surface area contributed by atoms with Crippen LogP contribution in [-0.2, 0) is 6.42 Å². The fourth-order valence-electron chi connectivity index (χ4n) is 3.78. The van der Waals surface area contributed by atoms with Crippen LogP contribution in [0.25, 0.3) is 0 Å². The molecule has 0 unspecified atom stereocenters. The summed E-state index contributed by atoms with van der Waals surface area (Å²) in [6, 6.07) is 12.4. The van der Waals surface area contributed by atoms with Gasteiger partial charge in [-0.3, -0.25) is 4.79 Å². The molecular weight excluding hydrogens is 358 g/mol. The number of carbonyl (C=O) groups excluding carboxylic acids is 1. The van der Waals surface area contributed by atoms with Gasteiger partial charge in [-0.2, -0.15) is 0 Å². The molecule has 1 heterocycles. The number of piperidine rings is 1. The third-order valence-electron chi connectivity index (χ3n) is 5.30. The highest BCUT2D eigenvalue weighted by molar-refractivity contribution is 5.99. The van der Waals surface area contributed by atoms with Gasteiger partial charge >= 0.3 is 5.97 Å². The number of methoxy groups -OCH3 is 2. The Bertz CT molecular complexity index is 834. The third kappa shape index (κ3) is 4.11. The van der Waals surface area contributed by atoms with E-state index < -0.39 is 5.97 Å². The van der Waals surface area contributed by atoms with E-state index in [9.17, 15) is 14.7 Å². The molecule has 148 valence electrons. The van der Waals surface area contributed by atoms with Gasteiger partial charge < -0.3 is 19.5 Å². The molecule has 2 aromatic carbocycles. The van der Waals surface area contributed by atoms with Crippen molar-refractivity contribution in [1.82, 2.24) is 4.90 Å². The van der Waals surface area contributed by atoms with Crippen molar-refractivity contribution in [2.45, 2.75) is 19.3 Å². The first kappa shape index (κ1) is 19.7. The summed E-state index contributed by atoms with van der Waals surface area (Å²) in [6.07, 6.45) is 2.37. The molecule has 1 N–H and O–H groups in total. The number of ether oxygens (including phenoxy) is 2. The van der Waals surface area contributed by atoms with Crippen LogP contribution in [0, 0.1) is 5.92 Å².